The molecule has 2 aliphatic rings. The Kier molecular flexibility index (Phi) is 9.75. The molecule has 0 spiro atoms. The summed E-state index contributed by atoms with van der Waals surface area (Å²) in [5.74, 6) is 0.0821. The number of nitrogens with one attached hydrogen (secondary N) is 2. The highest BCUT2D eigenvalue weighted by molar-refractivity contribution is 5.94. The summed E-state index contributed by atoms with van der Waals surface area (Å²) in [7, 11) is 0. The van der Waals surface area contributed by atoms with Crippen molar-refractivity contribution in [3.63, 3.8) is 0 Å². The Morgan fingerprint density at radius 3 is 2.48 bits per heavy atom. The van der Waals surface area contributed by atoms with Crippen molar-refractivity contribution in [2.75, 3.05) is 38.2 Å². The fourth-order valence-electron chi connectivity index (χ4n) is 3.33. The molecule has 2 N–H and O–H groups in total. The molecule has 1 aromatic carbocycles. The van der Waals surface area contributed by atoms with Crippen molar-refractivity contribution in [3.05, 3.63) is 29.8 Å². The molecular formula is C18H29Cl2N3O2. The lowest BCUT2D eigenvalue weighted by Gasteiger charge is -2.32. The van der Waals surface area contributed by atoms with Gasteiger partial charge >= 0.3 is 0 Å². The molecule has 3 rings (SSSR count). The highest BCUT2D eigenvalue weighted by Gasteiger charge is 2.21. The topological polar surface area (TPSA) is 53.6 Å². The van der Waals surface area contributed by atoms with E-state index in [4.69, 9.17) is 4.74 Å². The van der Waals surface area contributed by atoms with Crippen LogP contribution in [0, 0.1) is 0 Å². The fourth-order valence-corrected chi connectivity index (χ4v) is 3.33. The Hall–Kier alpha value is -0.850. The predicted octanol–water partition coefficient (Wildman–Crippen LogP) is 3.00. The molecule has 0 bridgehead atoms. The van der Waals surface area contributed by atoms with Crippen molar-refractivity contribution in [1.29, 1.82) is 0 Å². The number of morpholine rings is 1. The summed E-state index contributed by atoms with van der Waals surface area (Å²) < 4.78 is 5.41. The van der Waals surface area contributed by atoms with Crippen molar-refractivity contribution in [2.45, 2.75) is 38.3 Å². The van der Waals surface area contributed by atoms with Gasteiger partial charge in [0.15, 0.2) is 0 Å². The van der Waals surface area contributed by atoms with Gasteiger partial charge in [0.05, 0.1) is 19.3 Å². The van der Waals surface area contributed by atoms with Gasteiger partial charge in [0, 0.05) is 24.8 Å². The summed E-state index contributed by atoms with van der Waals surface area (Å²) >= 11 is 0. The second-order valence-corrected chi connectivity index (χ2v) is 6.44. The number of carbonyl (C=O) groups excluding carboxylic acids is 1. The zero-order valence-corrected chi connectivity index (χ0v) is 16.3. The fraction of sp³-hybridized carbons (Fsp3) is 0.611. The van der Waals surface area contributed by atoms with E-state index in [1.807, 2.05) is 12.1 Å². The minimum absolute atomic E-state index is 0. The molecule has 0 aromatic heterocycles. The van der Waals surface area contributed by atoms with Gasteiger partial charge in [-0.1, -0.05) is 18.6 Å². The maximum Gasteiger partial charge on any atom is 0.241 e. The second-order valence-electron chi connectivity index (χ2n) is 6.44. The van der Waals surface area contributed by atoms with E-state index in [2.05, 4.69) is 34.6 Å². The highest BCUT2D eigenvalue weighted by atomic mass is 35.5. The summed E-state index contributed by atoms with van der Waals surface area (Å²) in [6.45, 7) is 6.75. The number of carbonyl (C=O) groups is 1. The van der Waals surface area contributed by atoms with E-state index in [1.165, 1.54) is 5.56 Å². The van der Waals surface area contributed by atoms with Gasteiger partial charge < -0.3 is 15.4 Å². The highest BCUT2D eigenvalue weighted by Crippen LogP contribution is 2.23. The van der Waals surface area contributed by atoms with Gasteiger partial charge in [-0.2, -0.15) is 0 Å². The number of nitrogens with zero attached hydrogens (tertiary/aromatic N) is 1. The Labute approximate surface area is 162 Å². The van der Waals surface area contributed by atoms with Crippen LogP contribution in [0.15, 0.2) is 24.3 Å². The van der Waals surface area contributed by atoms with Crippen LogP contribution in [0.1, 0.15) is 37.8 Å². The van der Waals surface area contributed by atoms with Crippen LogP contribution in [0.2, 0.25) is 0 Å². The summed E-state index contributed by atoms with van der Waals surface area (Å²) in [6, 6.07) is 8.58. The van der Waals surface area contributed by atoms with Crippen molar-refractivity contribution < 1.29 is 9.53 Å². The number of rotatable bonds is 4. The number of hydrogen-bond acceptors (Lipinski definition) is 4. The lowest BCUT2D eigenvalue weighted by atomic mass is 10.0. The molecule has 25 heavy (non-hydrogen) atoms. The molecule has 2 fully saturated rings. The maximum absolute atomic E-state index is 12.2. The normalized spacial score (nSPS) is 22.2. The van der Waals surface area contributed by atoms with E-state index in [-0.39, 0.29) is 36.8 Å². The summed E-state index contributed by atoms with van der Waals surface area (Å²) in [5, 5.41) is 6.30. The Bertz CT molecular complexity index is 516. The zero-order chi connectivity index (χ0) is 16.1. The van der Waals surface area contributed by atoms with Crippen LogP contribution in [0.4, 0.5) is 5.69 Å². The van der Waals surface area contributed by atoms with Crippen LogP contribution in [0.25, 0.3) is 0 Å². The first-order valence-electron chi connectivity index (χ1n) is 8.70. The molecule has 0 saturated carbocycles. The summed E-state index contributed by atoms with van der Waals surface area (Å²) in [6.07, 6.45) is 3.22. The Morgan fingerprint density at radius 1 is 1.20 bits per heavy atom. The molecule has 2 atom stereocenters. The van der Waals surface area contributed by atoms with Gasteiger partial charge in [0.2, 0.25) is 5.91 Å². The monoisotopic (exact) mass is 389 g/mol. The van der Waals surface area contributed by atoms with Crippen LogP contribution in [-0.2, 0) is 9.53 Å². The summed E-state index contributed by atoms with van der Waals surface area (Å²) in [4.78, 5) is 14.7. The number of ether oxygens (including phenoxy) is 1. The van der Waals surface area contributed by atoms with Crippen LogP contribution >= 0.6 is 24.8 Å². The third-order valence-electron chi connectivity index (χ3n) is 4.88. The molecule has 2 saturated heterocycles. The van der Waals surface area contributed by atoms with Crippen molar-refractivity contribution in [1.82, 2.24) is 10.2 Å². The number of anilines is 1. The molecule has 0 radical (unpaired) electrons. The Morgan fingerprint density at radius 2 is 1.88 bits per heavy atom. The lowest BCUT2D eigenvalue weighted by molar-refractivity contribution is -0.118. The minimum Gasteiger partial charge on any atom is -0.379 e. The van der Waals surface area contributed by atoms with Crippen LogP contribution in [0.5, 0.6) is 0 Å². The van der Waals surface area contributed by atoms with E-state index < -0.39 is 0 Å². The summed E-state index contributed by atoms with van der Waals surface area (Å²) in [5.41, 5.74) is 2.15. The van der Waals surface area contributed by atoms with E-state index in [1.54, 1.807) is 0 Å². The number of benzene rings is 1. The van der Waals surface area contributed by atoms with Gasteiger partial charge in [-0.05, 0) is 44.0 Å². The van der Waals surface area contributed by atoms with Gasteiger partial charge in [0.25, 0.3) is 0 Å². The molecule has 1 unspecified atom stereocenters. The van der Waals surface area contributed by atoms with Gasteiger partial charge in [-0.25, -0.2) is 0 Å². The average molecular weight is 390 g/mol. The molecule has 2 aliphatic heterocycles. The maximum atomic E-state index is 12.2. The van der Waals surface area contributed by atoms with E-state index in [9.17, 15) is 4.79 Å². The SMILES string of the molecule is CC(c1ccc(NC(=O)[C@H]2CCCCN2)cc1)N1CCOCC1.Cl.Cl. The molecular weight excluding hydrogens is 361 g/mol. The molecule has 5 nitrogen and oxygen atoms in total. The van der Waals surface area contributed by atoms with Gasteiger partial charge in [-0.15, -0.1) is 24.8 Å². The smallest absolute Gasteiger partial charge is 0.241 e. The minimum atomic E-state index is -0.0456. The standard InChI is InChI=1S/C18H27N3O2.2ClH/c1-14(21-10-12-23-13-11-21)15-5-7-16(8-6-15)20-18(22)17-4-2-3-9-19-17;;/h5-8,14,17,19H,2-4,9-13H2,1H3,(H,20,22);2*1H/t14?,17-;;/m1../s1. The van der Waals surface area contributed by atoms with Crippen LogP contribution in [-0.4, -0.2) is 49.7 Å². The third-order valence-corrected chi connectivity index (χ3v) is 4.88. The first-order chi connectivity index (χ1) is 11.2. The van der Waals surface area contributed by atoms with Gasteiger partial charge in [-0.3, -0.25) is 9.69 Å². The number of amides is 1. The number of piperidine rings is 1. The quantitative estimate of drug-likeness (QED) is 0.830. The van der Waals surface area contributed by atoms with E-state index >= 15 is 0 Å². The van der Waals surface area contributed by atoms with E-state index in [0.717, 1.165) is 57.8 Å². The largest absolute Gasteiger partial charge is 0.379 e. The molecule has 2 heterocycles. The first-order valence-corrected chi connectivity index (χ1v) is 8.70. The van der Waals surface area contributed by atoms with Crippen molar-refractivity contribution in [3.8, 4) is 0 Å². The molecule has 1 amide bonds. The van der Waals surface area contributed by atoms with Crippen LogP contribution < -0.4 is 10.6 Å². The van der Waals surface area contributed by atoms with E-state index in [0.29, 0.717) is 6.04 Å². The van der Waals surface area contributed by atoms with Crippen LogP contribution in [0.3, 0.4) is 0 Å². The average Bonchev–Trinajstić information content (AvgIpc) is 2.63. The molecule has 0 aliphatic carbocycles. The van der Waals surface area contributed by atoms with Crippen molar-refractivity contribution >= 4 is 36.4 Å². The lowest BCUT2D eigenvalue weighted by Crippen LogP contribution is -2.43. The number of halogens is 2. The molecule has 142 valence electrons. The zero-order valence-electron chi connectivity index (χ0n) is 14.7. The third kappa shape index (κ3) is 6.12. The number of hydrogen-bond donors (Lipinski definition) is 2. The molecule has 7 heteroatoms. The van der Waals surface area contributed by atoms with Gasteiger partial charge in [0.1, 0.15) is 0 Å². The first kappa shape index (κ1) is 22.2. The van der Waals surface area contributed by atoms with Crippen molar-refractivity contribution in [2.24, 2.45) is 0 Å². The predicted molar refractivity (Wildman–Crippen MR) is 106 cm³/mol. The molecule has 1 aromatic rings. The second kappa shape index (κ2) is 11.0. The Balaban J connectivity index is 0.00000156.